The van der Waals surface area contributed by atoms with E-state index in [0.29, 0.717) is 56.2 Å². The summed E-state index contributed by atoms with van der Waals surface area (Å²) in [6.07, 6.45) is 0. The van der Waals surface area contributed by atoms with Crippen molar-refractivity contribution in [3.05, 3.63) is 41.5 Å². The molecule has 162 valence electrons. The predicted molar refractivity (Wildman–Crippen MR) is 114 cm³/mol. The smallest absolute Gasteiger partial charge is 0.252 e. The van der Waals surface area contributed by atoms with Gasteiger partial charge in [0, 0.05) is 23.6 Å². The zero-order valence-corrected chi connectivity index (χ0v) is 17.7. The first-order valence-corrected chi connectivity index (χ1v) is 9.59. The third-order valence-electron chi connectivity index (χ3n) is 5.34. The van der Waals surface area contributed by atoms with Crippen LogP contribution >= 0.6 is 0 Å². The molecule has 8 heteroatoms. The van der Waals surface area contributed by atoms with Gasteiger partial charge < -0.3 is 34.1 Å². The molecule has 1 heterocycles. The molecule has 0 atom stereocenters. The van der Waals surface area contributed by atoms with E-state index in [0.717, 1.165) is 5.56 Å². The average Bonchev–Trinajstić information content (AvgIpc) is 3.28. The lowest BCUT2D eigenvalue weighted by Crippen LogP contribution is -2.21. The molecule has 0 aliphatic carbocycles. The number of aliphatic hydroxyl groups is 1. The summed E-state index contributed by atoms with van der Waals surface area (Å²) in [7, 11) is 6.13. The molecule has 0 saturated carbocycles. The zero-order chi connectivity index (χ0) is 22.1. The summed E-state index contributed by atoms with van der Waals surface area (Å²) in [5, 5.41) is 14.3. The van der Waals surface area contributed by atoms with Crippen molar-refractivity contribution in [1.82, 2.24) is 5.32 Å². The lowest BCUT2D eigenvalue weighted by atomic mass is 9.88. The highest BCUT2D eigenvalue weighted by Gasteiger charge is 2.27. The number of benzene rings is 3. The van der Waals surface area contributed by atoms with Gasteiger partial charge in [-0.05, 0) is 35.2 Å². The highest BCUT2D eigenvalue weighted by molar-refractivity contribution is 6.14. The number of carbonyl (C=O) groups excluding carboxylic acids is 1. The van der Waals surface area contributed by atoms with Gasteiger partial charge in [-0.25, -0.2) is 0 Å². The van der Waals surface area contributed by atoms with E-state index in [9.17, 15) is 9.90 Å². The first-order chi connectivity index (χ1) is 15.1. The van der Waals surface area contributed by atoms with Crippen LogP contribution < -0.4 is 29.0 Å². The van der Waals surface area contributed by atoms with Crippen LogP contribution in [0.2, 0.25) is 0 Å². The molecule has 0 spiro atoms. The molecular weight excluding hydrogens is 402 g/mol. The van der Waals surface area contributed by atoms with Crippen molar-refractivity contribution < 1.29 is 33.6 Å². The lowest BCUT2D eigenvalue weighted by molar-refractivity contribution is 0.0960. The summed E-state index contributed by atoms with van der Waals surface area (Å²) in [4.78, 5) is 13.0. The summed E-state index contributed by atoms with van der Waals surface area (Å²) in [5.74, 6) is 2.24. The van der Waals surface area contributed by atoms with Crippen LogP contribution in [0.3, 0.4) is 0 Å². The van der Waals surface area contributed by atoms with Gasteiger partial charge in [-0.2, -0.15) is 0 Å². The van der Waals surface area contributed by atoms with E-state index in [1.54, 1.807) is 32.4 Å². The molecule has 0 unspecified atom stereocenters. The first-order valence-electron chi connectivity index (χ1n) is 9.59. The third kappa shape index (κ3) is 3.25. The highest BCUT2D eigenvalue weighted by atomic mass is 16.7. The van der Waals surface area contributed by atoms with E-state index in [2.05, 4.69) is 5.32 Å². The number of hydrogen-bond donors (Lipinski definition) is 2. The molecule has 0 radical (unpaired) electrons. The summed E-state index contributed by atoms with van der Waals surface area (Å²) in [6.45, 7) is -0.259. The molecule has 31 heavy (non-hydrogen) atoms. The Morgan fingerprint density at radius 1 is 1.00 bits per heavy atom. The van der Waals surface area contributed by atoms with E-state index in [1.807, 2.05) is 12.1 Å². The number of methoxy groups -OCH3 is 3. The molecule has 0 bridgehead atoms. The van der Waals surface area contributed by atoms with Crippen LogP contribution in [0.15, 0.2) is 30.3 Å². The monoisotopic (exact) mass is 425 g/mol. The van der Waals surface area contributed by atoms with Crippen molar-refractivity contribution >= 4 is 16.7 Å². The number of hydrogen-bond acceptors (Lipinski definition) is 7. The molecule has 1 amide bonds. The fraction of sp³-hybridized carbons (Fsp3) is 0.261. The number of nitrogens with one attached hydrogen (secondary N) is 1. The van der Waals surface area contributed by atoms with E-state index in [-0.39, 0.29) is 12.7 Å². The van der Waals surface area contributed by atoms with E-state index in [1.165, 1.54) is 14.2 Å². The number of aliphatic hydroxyl groups excluding tert-OH is 1. The summed E-state index contributed by atoms with van der Waals surface area (Å²) in [5.41, 5.74) is 2.01. The van der Waals surface area contributed by atoms with Crippen LogP contribution in [-0.2, 0) is 6.61 Å². The fourth-order valence-electron chi connectivity index (χ4n) is 3.95. The van der Waals surface area contributed by atoms with Crippen molar-refractivity contribution in [3.63, 3.8) is 0 Å². The minimum absolute atomic E-state index is 0.136. The quantitative estimate of drug-likeness (QED) is 0.627. The number of amides is 1. The zero-order valence-electron chi connectivity index (χ0n) is 17.7. The van der Waals surface area contributed by atoms with Gasteiger partial charge in [0.25, 0.3) is 5.91 Å². The topological polar surface area (TPSA) is 95.5 Å². The second kappa shape index (κ2) is 8.23. The second-order valence-corrected chi connectivity index (χ2v) is 6.82. The number of carbonyl (C=O) groups is 1. The molecule has 2 N–H and O–H groups in total. The number of fused-ring (bicyclic) bond motifs is 2. The van der Waals surface area contributed by atoms with Crippen molar-refractivity contribution in [2.45, 2.75) is 6.61 Å². The van der Waals surface area contributed by atoms with Gasteiger partial charge >= 0.3 is 0 Å². The maximum atomic E-state index is 13.0. The second-order valence-electron chi connectivity index (χ2n) is 6.82. The Morgan fingerprint density at radius 3 is 2.29 bits per heavy atom. The largest absolute Gasteiger partial charge is 0.496 e. The SMILES string of the molecule is CNC(=O)c1c(CO)c(OC)c2cc(OC)c(OC)cc2c1-c1ccc2c(c1)OCO2. The minimum Gasteiger partial charge on any atom is -0.496 e. The number of rotatable bonds is 6. The van der Waals surface area contributed by atoms with Crippen molar-refractivity contribution in [1.29, 1.82) is 0 Å². The van der Waals surface area contributed by atoms with Crippen LogP contribution in [-0.4, -0.2) is 46.2 Å². The molecule has 3 aromatic carbocycles. The van der Waals surface area contributed by atoms with Gasteiger partial charge in [-0.15, -0.1) is 0 Å². The van der Waals surface area contributed by atoms with Gasteiger partial charge in [0.05, 0.1) is 33.5 Å². The van der Waals surface area contributed by atoms with Gasteiger partial charge in [0.15, 0.2) is 23.0 Å². The number of ether oxygens (including phenoxy) is 5. The third-order valence-corrected chi connectivity index (χ3v) is 5.34. The summed E-state index contributed by atoms with van der Waals surface area (Å²) < 4.78 is 27.6. The maximum Gasteiger partial charge on any atom is 0.252 e. The van der Waals surface area contributed by atoms with Crippen LogP contribution in [0, 0.1) is 0 Å². The fourth-order valence-corrected chi connectivity index (χ4v) is 3.95. The molecule has 1 aliphatic heterocycles. The Hall–Kier alpha value is -3.65. The molecule has 0 aromatic heterocycles. The van der Waals surface area contributed by atoms with Gasteiger partial charge in [0.2, 0.25) is 6.79 Å². The maximum absolute atomic E-state index is 13.0. The minimum atomic E-state index is -0.395. The molecular formula is C23H23NO7. The van der Waals surface area contributed by atoms with E-state index >= 15 is 0 Å². The van der Waals surface area contributed by atoms with Gasteiger partial charge in [-0.1, -0.05) is 6.07 Å². The van der Waals surface area contributed by atoms with Crippen LogP contribution in [0.1, 0.15) is 15.9 Å². The first kappa shape index (κ1) is 20.6. The summed E-state index contributed by atoms with van der Waals surface area (Å²) >= 11 is 0. The van der Waals surface area contributed by atoms with Crippen LogP contribution in [0.4, 0.5) is 0 Å². The Labute approximate surface area is 179 Å². The van der Waals surface area contributed by atoms with Crippen molar-refractivity contribution in [2.24, 2.45) is 0 Å². The van der Waals surface area contributed by atoms with Gasteiger partial charge in [-0.3, -0.25) is 4.79 Å². The lowest BCUT2D eigenvalue weighted by Gasteiger charge is -2.21. The molecule has 8 nitrogen and oxygen atoms in total. The average molecular weight is 425 g/mol. The molecule has 1 aliphatic rings. The van der Waals surface area contributed by atoms with E-state index < -0.39 is 6.61 Å². The summed E-state index contributed by atoms with van der Waals surface area (Å²) in [6, 6.07) is 9.02. The van der Waals surface area contributed by atoms with Crippen LogP contribution in [0.25, 0.3) is 21.9 Å². The van der Waals surface area contributed by atoms with Crippen LogP contribution in [0.5, 0.6) is 28.7 Å². The Bertz CT molecular complexity index is 1170. The Balaban J connectivity index is 2.18. The molecule has 0 fully saturated rings. The normalized spacial score (nSPS) is 12.0. The highest BCUT2D eigenvalue weighted by Crippen LogP contribution is 2.47. The van der Waals surface area contributed by atoms with E-state index in [4.69, 9.17) is 23.7 Å². The Morgan fingerprint density at radius 2 is 1.68 bits per heavy atom. The molecule has 3 aromatic rings. The van der Waals surface area contributed by atoms with Crippen molar-refractivity contribution in [3.8, 4) is 39.9 Å². The predicted octanol–water partition coefficient (Wildman–Crippen LogP) is 3.11. The van der Waals surface area contributed by atoms with Crippen molar-refractivity contribution in [2.75, 3.05) is 35.2 Å². The molecule has 0 saturated heterocycles. The molecule has 4 rings (SSSR count). The Kier molecular flexibility index (Phi) is 5.48. The van der Waals surface area contributed by atoms with Gasteiger partial charge in [0.1, 0.15) is 5.75 Å². The standard InChI is InChI=1S/C23H23NO7/c1-24-23(26)21-15(10-25)22(29-4)14-9-18(28-3)17(27-2)8-13(14)20(21)12-5-6-16-19(7-12)31-11-30-16/h5-9,25H,10-11H2,1-4H3,(H,24,26).